The molecule has 0 radical (unpaired) electrons. The molecule has 2 aromatic rings. The maximum atomic E-state index is 5.52. The Kier molecular flexibility index (Phi) is 4.48. The van der Waals surface area contributed by atoms with Gasteiger partial charge in [-0.05, 0) is 19.9 Å². The van der Waals surface area contributed by atoms with Crippen LogP contribution in [0.15, 0.2) is 21.1 Å². The topological polar surface area (TPSA) is 52.0 Å². The Morgan fingerprint density at radius 3 is 3.00 bits per heavy atom. The molecule has 2 heterocycles. The highest BCUT2D eigenvalue weighted by Gasteiger charge is 2.07. The van der Waals surface area contributed by atoms with Gasteiger partial charge in [0.2, 0.25) is 0 Å². The summed E-state index contributed by atoms with van der Waals surface area (Å²) in [5.41, 5.74) is 7.32. The molecule has 2 rings (SSSR count). The molecule has 0 aliphatic rings. The summed E-state index contributed by atoms with van der Waals surface area (Å²) >= 11 is 3.30. The van der Waals surface area contributed by atoms with Gasteiger partial charge in [-0.15, -0.1) is 11.3 Å². The maximum Gasteiger partial charge on any atom is 0.256 e. The van der Waals surface area contributed by atoms with E-state index in [-0.39, 0.29) is 0 Å². The quantitative estimate of drug-likeness (QED) is 0.693. The molecule has 5 heteroatoms. The summed E-state index contributed by atoms with van der Waals surface area (Å²) in [5.74, 6) is 7.62. The third-order valence-electron chi connectivity index (χ3n) is 2.34. The zero-order valence-electron chi connectivity index (χ0n) is 10.3. The van der Waals surface area contributed by atoms with Gasteiger partial charge < -0.3 is 10.2 Å². The zero-order chi connectivity index (χ0) is 13.0. The van der Waals surface area contributed by atoms with Gasteiger partial charge in [0.15, 0.2) is 0 Å². The Labute approximate surface area is 115 Å². The lowest BCUT2D eigenvalue weighted by Gasteiger charge is -1.92. The minimum atomic E-state index is 0.398. The Morgan fingerprint density at radius 2 is 2.33 bits per heavy atom. The number of oxazole rings is 1. The Balaban J connectivity index is 1.96. The maximum absolute atomic E-state index is 5.52. The Hall–Kier alpha value is -1.22. The predicted octanol–water partition coefficient (Wildman–Crippen LogP) is 2.96. The fourth-order valence-electron chi connectivity index (χ4n) is 1.31. The second-order valence-corrected chi connectivity index (χ2v) is 5.64. The highest BCUT2D eigenvalue weighted by molar-refractivity contribution is 7.98. The van der Waals surface area contributed by atoms with Gasteiger partial charge in [0.05, 0.1) is 12.2 Å². The first-order valence-electron chi connectivity index (χ1n) is 5.52. The molecule has 2 aromatic heterocycles. The van der Waals surface area contributed by atoms with E-state index in [2.05, 4.69) is 22.9 Å². The summed E-state index contributed by atoms with van der Waals surface area (Å²) in [6, 6.07) is 2.09. The highest BCUT2D eigenvalue weighted by Crippen LogP contribution is 2.26. The van der Waals surface area contributed by atoms with E-state index >= 15 is 0 Å². The van der Waals surface area contributed by atoms with E-state index < -0.39 is 0 Å². The standard InChI is InChI=1S/C13H14N2OS2/c1-9-10(2)16-13(15-9)18-8-12-6-11(7-17-12)4-3-5-14/h6-7H,5,8,14H2,1-2H3. The summed E-state index contributed by atoms with van der Waals surface area (Å²) in [6.45, 7) is 4.28. The SMILES string of the molecule is Cc1nc(SCc2cc(C#CCN)cs2)oc1C. The van der Waals surface area contributed by atoms with Crippen LogP contribution in [0, 0.1) is 25.7 Å². The van der Waals surface area contributed by atoms with Crippen LogP contribution < -0.4 is 5.73 Å². The molecule has 0 aliphatic carbocycles. The molecular weight excluding hydrogens is 264 g/mol. The van der Waals surface area contributed by atoms with E-state index in [9.17, 15) is 0 Å². The average Bonchev–Trinajstić information content (AvgIpc) is 2.92. The van der Waals surface area contributed by atoms with E-state index in [1.54, 1.807) is 23.1 Å². The van der Waals surface area contributed by atoms with Crippen LogP contribution in [-0.2, 0) is 5.75 Å². The lowest BCUT2D eigenvalue weighted by atomic mass is 10.3. The third-order valence-corrected chi connectivity index (χ3v) is 4.33. The molecule has 0 unspecified atom stereocenters. The van der Waals surface area contributed by atoms with Crippen LogP contribution in [-0.4, -0.2) is 11.5 Å². The molecule has 94 valence electrons. The van der Waals surface area contributed by atoms with Crippen LogP contribution in [0.1, 0.15) is 21.9 Å². The van der Waals surface area contributed by atoms with Gasteiger partial charge in [-0.1, -0.05) is 23.6 Å². The number of thiophene rings is 1. The van der Waals surface area contributed by atoms with E-state index in [0.29, 0.717) is 6.54 Å². The second kappa shape index (κ2) is 6.10. The first-order valence-corrected chi connectivity index (χ1v) is 7.38. The largest absolute Gasteiger partial charge is 0.437 e. The number of aryl methyl sites for hydroxylation is 2. The van der Waals surface area contributed by atoms with Crippen LogP contribution in [0.25, 0.3) is 0 Å². The van der Waals surface area contributed by atoms with Crippen molar-refractivity contribution in [1.29, 1.82) is 0 Å². The summed E-state index contributed by atoms with van der Waals surface area (Å²) in [6.07, 6.45) is 0. The summed E-state index contributed by atoms with van der Waals surface area (Å²) in [5, 5.41) is 2.78. The number of nitrogens with zero attached hydrogens (tertiary/aromatic N) is 1. The van der Waals surface area contributed by atoms with Gasteiger partial charge in [-0.2, -0.15) is 0 Å². The zero-order valence-corrected chi connectivity index (χ0v) is 12.0. The van der Waals surface area contributed by atoms with E-state index in [1.807, 2.05) is 19.2 Å². The van der Waals surface area contributed by atoms with Crippen molar-refractivity contribution >= 4 is 23.1 Å². The molecule has 0 atom stereocenters. The third kappa shape index (κ3) is 3.39. The van der Waals surface area contributed by atoms with Gasteiger partial charge in [0.25, 0.3) is 5.22 Å². The van der Waals surface area contributed by atoms with Crippen molar-refractivity contribution in [2.75, 3.05) is 6.54 Å². The van der Waals surface area contributed by atoms with Gasteiger partial charge in [-0.3, -0.25) is 0 Å². The number of thioether (sulfide) groups is 1. The predicted molar refractivity (Wildman–Crippen MR) is 75.8 cm³/mol. The van der Waals surface area contributed by atoms with Crippen LogP contribution in [0.2, 0.25) is 0 Å². The van der Waals surface area contributed by atoms with Crippen molar-refractivity contribution in [1.82, 2.24) is 4.98 Å². The normalized spacial score (nSPS) is 10.2. The molecule has 0 aromatic carbocycles. The monoisotopic (exact) mass is 278 g/mol. The molecule has 3 nitrogen and oxygen atoms in total. The second-order valence-electron chi connectivity index (χ2n) is 3.72. The summed E-state index contributed by atoms with van der Waals surface area (Å²) in [4.78, 5) is 5.60. The van der Waals surface area contributed by atoms with Crippen LogP contribution in [0.3, 0.4) is 0 Å². The molecule has 0 spiro atoms. The lowest BCUT2D eigenvalue weighted by molar-refractivity contribution is 0.431. The van der Waals surface area contributed by atoms with Crippen molar-refractivity contribution < 1.29 is 4.42 Å². The van der Waals surface area contributed by atoms with Gasteiger partial charge in [0, 0.05) is 21.6 Å². The summed E-state index contributed by atoms with van der Waals surface area (Å²) < 4.78 is 5.52. The first-order chi connectivity index (χ1) is 8.69. The first kappa shape index (κ1) is 13.2. The molecule has 0 saturated carbocycles. The van der Waals surface area contributed by atoms with Crippen LogP contribution in [0.4, 0.5) is 0 Å². The Morgan fingerprint density at radius 1 is 1.50 bits per heavy atom. The smallest absolute Gasteiger partial charge is 0.256 e. The minimum absolute atomic E-state index is 0.398. The van der Waals surface area contributed by atoms with Crippen molar-refractivity contribution in [3.8, 4) is 11.8 Å². The Bertz CT molecular complexity index is 570. The molecule has 18 heavy (non-hydrogen) atoms. The molecular formula is C13H14N2OS2. The van der Waals surface area contributed by atoms with E-state index in [0.717, 1.165) is 28.0 Å². The van der Waals surface area contributed by atoms with Gasteiger partial charge >= 0.3 is 0 Å². The van der Waals surface area contributed by atoms with Crippen molar-refractivity contribution in [2.24, 2.45) is 5.73 Å². The van der Waals surface area contributed by atoms with Crippen molar-refractivity contribution in [3.05, 3.63) is 33.3 Å². The number of hydrogen-bond donors (Lipinski definition) is 1. The van der Waals surface area contributed by atoms with Crippen LogP contribution >= 0.6 is 23.1 Å². The number of rotatable bonds is 3. The number of aromatic nitrogens is 1. The van der Waals surface area contributed by atoms with Gasteiger partial charge in [-0.25, -0.2) is 4.98 Å². The molecule has 0 fully saturated rings. The molecule has 0 aliphatic heterocycles. The highest BCUT2D eigenvalue weighted by atomic mass is 32.2. The molecule has 0 bridgehead atoms. The fourth-order valence-corrected chi connectivity index (χ4v) is 3.10. The van der Waals surface area contributed by atoms with Crippen molar-refractivity contribution in [2.45, 2.75) is 24.8 Å². The molecule has 2 N–H and O–H groups in total. The van der Waals surface area contributed by atoms with E-state index in [4.69, 9.17) is 10.2 Å². The summed E-state index contributed by atoms with van der Waals surface area (Å²) in [7, 11) is 0. The van der Waals surface area contributed by atoms with Crippen molar-refractivity contribution in [3.63, 3.8) is 0 Å². The lowest BCUT2D eigenvalue weighted by Crippen LogP contribution is -1.92. The minimum Gasteiger partial charge on any atom is -0.437 e. The number of nitrogens with two attached hydrogens (primary N) is 1. The molecule has 0 saturated heterocycles. The number of hydrogen-bond acceptors (Lipinski definition) is 5. The average molecular weight is 278 g/mol. The van der Waals surface area contributed by atoms with Crippen LogP contribution in [0.5, 0.6) is 0 Å². The van der Waals surface area contributed by atoms with E-state index in [1.165, 1.54) is 4.88 Å². The molecule has 0 amide bonds. The van der Waals surface area contributed by atoms with Gasteiger partial charge in [0.1, 0.15) is 5.76 Å². The fraction of sp³-hybridized carbons (Fsp3) is 0.308.